The molecule has 7 N–H and O–H groups in total. The lowest BCUT2D eigenvalue weighted by Crippen LogP contribution is -2.53. The largest absolute Gasteiger partial charge is 0.389 e. The molecule has 0 aromatic heterocycles. The van der Waals surface area contributed by atoms with Gasteiger partial charge in [0.2, 0.25) is 0 Å². The summed E-state index contributed by atoms with van der Waals surface area (Å²) in [5.74, 6) is 0.539. The molecule has 0 aliphatic carbocycles. The highest BCUT2D eigenvalue weighted by Gasteiger charge is 2.57. The second-order valence-corrected chi connectivity index (χ2v) is 16.4. The summed E-state index contributed by atoms with van der Waals surface area (Å²) in [4.78, 5) is 0. The predicted octanol–water partition coefficient (Wildman–Crippen LogP) is 8.96. The highest BCUT2D eigenvalue weighted by atomic mass is 14.9. The molecule has 0 bridgehead atoms. The minimum Gasteiger partial charge on any atom is -0.389 e. The summed E-state index contributed by atoms with van der Waals surface area (Å²) >= 11 is 0. The second kappa shape index (κ2) is 18.5. The number of nitrogens with one attached hydrogen (secondary N) is 3. The van der Waals surface area contributed by atoms with Crippen LogP contribution in [0, 0.1) is 61.1 Å². The van der Waals surface area contributed by atoms with E-state index in [1.807, 2.05) is 24.3 Å². The number of nitrogens with zero attached hydrogens (tertiary/aromatic N) is 2. The van der Waals surface area contributed by atoms with E-state index < -0.39 is 27.1 Å². The van der Waals surface area contributed by atoms with Gasteiger partial charge in [0.25, 0.3) is 0 Å². The summed E-state index contributed by atoms with van der Waals surface area (Å²) in [6.45, 7) is 30.9. The lowest BCUT2D eigenvalue weighted by atomic mass is 9.46. The number of amidine groups is 1. The molecule has 7 nitrogen and oxygen atoms in total. The van der Waals surface area contributed by atoms with Crippen molar-refractivity contribution >= 4 is 5.84 Å². The first kappa shape index (κ1) is 42.7. The summed E-state index contributed by atoms with van der Waals surface area (Å²) in [6.07, 6.45) is 8.84. The summed E-state index contributed by atoms with van der Waals surface area (Å²) in [7, 11) is 0. The van der Waals surface area contributed by atoms with Crippen LogP contribution in [0.5, 0.6) is 0 Å². The molecule has 3 atom stereocenters. The Balaban J connectivity index is 3.06. The average Bonchev–Trinajstić information content (AvgIpc) is 3.03. The first-order valence-corrected chi connectivity index (χ1v) is 18.1. The Labute approximate surface area is 294 Å². The zero-order valence-corrected chi connectivity index (χ0v) is 32.0. The Bertz CT molecular complexity index is 1280. The van der Waals surface area contributed by atoms with E-state index in [1.165, 1.54) is 5.56 Å². The third-order valence-corrected chi connectivity index (χ3v) is 11.8. The standard InChI is InChI=1S/C41H69N7/c1-31(2)27-48-33(4)41(11,38(7,8)40(10,30-44)23-14-12-15-25-42)28-37(5,6)39(9,29-43)24-22-32(3)47-26-16-13-17-34-18-20-35(21-19-34)36(45)46/h18-21,31,47-48H,3-4,12-17,22-28,42H2,1-2,5-11H3,(H3,45,46). The van der Waals surface area contributed by atoms with Crippen LogP contribution >= 0.6 is 0 Å². The summed E-state index contributed by atoms with van der Waals surface area (Å²) in [5.41, 5.74) is 12.7. The van der Waals surface area contributed by atoms with Crippen LogP contribution in [-0.4, -0.2) is 25.5 Å². The molecule has 48 heavy (non-hydrogen) atoms. The van der Waals surface area contributed by atoms with Gasteiger partial charge in [-0.05, 0) is 94.1 Å². The summed E-state index contributed by atoms with van der Waals surface area (Å²) < 4.78 is 0. The molecule has 0 spiro atoms. The van der Waals surface area contributed by atoms with Gasteiger partial charge in [-0.25, -0.2) is 0 Å². The molecule has 1 aromatic carbocycles. The fourth-order valence-corrected chi connectivity index (χ4v) is 6.83. The van der Waals surface area contributed by atoms with Crippen molar-refractivity contribution in [2.75, 3.05) is 19.6 Å². The zero-order valence-electron chi connectivity index (χ0n) is 32.0. The molecule has 268 valence electrons. The van der Waals surface area contributed by atoms with Crippen LogP contribution in [0.4, 0.5) is 0 Å². The van der Waals surface area contributed by atoms with Gasteiger partial charge in [-0.3, -0.25) is 5.41 Å². The van der Waals surface area contributed by atoms with Gasteiger partial charge in [-0.2, -0.15) is 10.5 Å². The van der Waals surface area contributed by atoms with Crippen molar-refractivity contribution in [3.05, 3.63) is 59.9 Å². The predicted molar refractivity (Wildman–Crippen MR) is 204 cm³/mol. The van der Waals surface area contributed by atoms with Crippen LogP contribution in [0.2, 0.25) is 0 Å². The van der Waals surface area contributed by atoms with Gasteiger partial charge < -0.3 is 22.1 Å². The molecule has 0 heterocycles. The number of nitrogen functional groups attached to an aromatic ring is 1. The third-order valence-electron chi connectivity index (χ3n) is 11.8. The molecule has 3 unspecified atom stereocenters. The molecule has 0 amide bonds. The number of benzene rings is 1. The van der Waals surface area contributed by atoms with Gasteiger partial charge in [0.15, 0.2) is 0 Å². The van der Waals surface area contributed by atoms with Crippen molar-refractivity contribution in [1.29, 1.82) is 15.9 Å². The van der Waals surface area contributed by atoms with E-state index >= 15 is 0 Å². The number of rotatable bonds is 24. The maximum absolute atomic E-state index is 10.7. The molecule has 0 saturated heterocycles. The lowest BCUT2D eigenvalue weighted by molar-refractivity contribution is -0.0426. The minimum absolute atomic E-state index is 0.0915. The maximum atomic E-state index is 10.7. The molecular weight excluding hydrogens is 591 g/mol. The SMILES string of the molecule is C=C(CCC(C)(C#N)C(C)(C)CC(C)(C(=C)NCC(C)C)C(C)(C)C(C)(C#N)CCCCCN)NCCCCc1ccc(C(=N)N)cc1. The number of unbranched alkanes of at least 4 members (excludes halogenated alkanes) is 3. The number of hydrogen-bond acceptors (Lipinski definition) is 6. The Morgan fingerprint density at radius 1 is 0.854 bits per heavy atom. The molecule has 1 aromatic rings. The number of aryl methyl sites for hydroxylation is 1. The van der Waals surface area contributed by atoms with Crippen molar-refractivity contribution < 1.29 is 0 Å². The molecule has 0 aliphatic rings. The van der Waals surface area contributed by atoms with Crippen molar-refractivity contribution in [2.24, 2.45) is 44.5 Å². The summed E-state index contributed by atoms with van der Waals surface area (Å²) in [6, 6.07) is 13.4. The minimum atomic E-state index is -0.635. The normalized spacial score (nSPS) is 15.7. The van der Waals surface area contributed by atoms with Crippen LogP contribution in [-0.2, 0) is 6.42 Å². The van der Waals surface area contributed by atoms with Crippen LogP contribution in [0.25, 0.3) is 0 Å². The van der Waals surface area contributed by atoms with E-state index in [0.717, 1.165) is 75.0 Å². The lowest BCUT2D eigenvalue weighted by Gasteiger charge is -2.57. The van der Waals surface area contributed by atoms with E-state index in [2.05, 4.69) is 98.2 Å². The Hall–Kier alpha value is -3.29. The Kier molecular flexibility index (Phi) is 16.4. The molecular formula is C41H69N7. The molecule has 0 saturated carbocycles. The molecule has 0 aliphatic heterocycles. The van der Waals surface area contributed by atoms with Crippen molar-refractivity contribution in [3.63, 3.8) is 0 Å². The third kappa shape index (κ3) is 11.1. The van der Waals surface area contributed by atoms with Gasteiger partial charge in [-0.15, -0.1) is 0 Å². The number of nitriles is 2. The second-order valence-electron chi connectivity index (χ2n) is 16.4. The smallest absolute Gasteiger partial charge is 0.122 e. The first-order chi connectivity index (χ1) is 22.3. The van der Waals surface area contributed by atoms with Gasteiger partial charge in [0, 0.05) is 35.5 Å². The maximum Gasteiger partial charge on any atom is 0.122 e. The summed E-state index contributed by atoms with van der Waals surface area (Å²) in [5, 5.41) is 36.1. The van der Waals surface area contributed by atoms with Crippen molar-refractivity contribution in [1.82, 2.24) is 10.6 Å². The molecule has 0 fully saturated rings. The van der Waals surface area contributed by atoms with Crippen LogP contribution in [0.3, 0.4) is 0 Å². The van der Waals surface area contributed by atoms with Crippen LogP contribution < -0.4 is 22.1 Å². The Morgan fingerprint density at radius 2 is 1.46 bits per heavy atom. The topological polar surface area (TPSA) is 148 Å². The van der Waals surface area contributed by atoms with E-state index in [0.29, 0.717) is 31.7 Å². The average molecular weight is 660 g/mol. The molecule has 1 rings (SSSR count). The van der Waals surface area contributed by atoms with Crippen LogP contribution in [0.1, 0.15) is 131 Å². The van der Waals surface area contributed by atoms with Crippen LogP contribution in [0.15, 0.2) is 48.8 Å². The number of allylic oxidation sites excluding steroid dienone is 2. The van der Waals surface area contributed by atoms with Gasteiger partial charge in [-0.1, -0.05) is 98.7 Å². The van der Waals surface area contributed by atoms with Gasteiger partial charge >= 0.3 is 0 Å². The monoisotopic (exact) mass is 660 g/mol. The van der Waals surface area contributed by atoms with Gasteiger partial charge in [0.05, 0.1) is 23.0 Å². The fourth-order valence-electron chi connectivity index (χ4n) is 6.83. The number of nitrogens with two attached hydrogens (primary N) is 2. The Morgan fingerprint density at radius 3 is 1.98 bits per heavy atom. The van der Waals surface area contributed by atoms with Crippen molar-refractivity contribution in [2.45, 2.75) is 127 Å². The highest BCUT2D eigenvalue weighted by Crippen LogP contribution is 2.62. The van der Waals surface area contributed by atoms with E-state index in [9.17, 15) is 10.5 Å². The van der Waals surface area contributed by atoms with Gasteiger partial charge in [0.1, 0.15) is 5.84 Å². The first-order valence-electron chi connectivity index (χ1n) is 18.1. The van der Waals surface area contributed by atoms with E-state index in [-0.39, 0.29) is 5.84 Å². The fraction of sp³-hybridized carbons (Fsp3) is 0.683. The molecule has 7 heteroatoms. The highest BCUT2D eigenvalue weighted by molar-refractivity contribution is 5.94. The van der Waals surface area contributed by atoms with Crippen molar-refractivity contribution in [3.8, 4) is 12.1 Å². The number of hydrogen-bond donors (Lipinski definition) is 5. The molecule has 0 radical (unpaired) electrons. The van der Waals surface area contributed by atoms with E-state index in [4.69, 9.17) is 16.9 Å². The quantitative estimate of drug-likeness (QED) is 0.0425. The zero-order chi connectivity index (χ0) is 36.8. The van der Waals surface area contributed by atoms with E-state index in [1.54, 1.807) is 0 Å².